The van der Waals surface area contributed by atoms with E-state index in [0.29, 0.717) is 31.9 Å². The van der Waals surface area contributed by atoms with Crippen molar-refractivity contribution in [1.29, 1.82) is 0 Å². The lowest BCUT2D eigenvalue weighted by Gasteiger charge is -2.38. The van der Waals surface area contributed by atoms with E-state index >= 15 is 0 Å². The van der Waals surface area contributed by atoms with Crippen LogP contribution in [0.15, 0.2) is 36.5 Å². The van der Waals surface area contributed by atoms with Crippen molar-refractivity contribution >= 4 is 11.8 Å². The molecular formula is C28H37N3O6. The molecule has 0 aliphatic carbocycles. The lowest BCUT2D eigenvalue weighted by molar-refractivity contribution is -0.138. The Kier molecular flexibility index (Phi) is 8.66. The first-order valence-corrected chi connectivity index (χ1v) is 12.9. The molecule has 0 spiro atoms. The van der Waals surface area contributed by atoms with E-state index in [1.54, 1.807) is 36.2 Å². The number of methoxy groups -OCH3 is 1. The van der Waals surface area contributed by atoms with Crippen LogP contribution in [0.2, 0.25) is 0 Å². The Morgan fingerprint density at radius 3 is 2.59 bits per heavy atom. The number of benzene rings is 1. The summed E-state index contributed by atoms with van der Waals surface area (Å²) in [6.07, 6.45) is 2.75. The Bertz CT molecular complexity index is 1090. The van der Waals surface area contributed by atoms with E-state index in [-0.39, 0.29) is 48.3 Å². The monoisotopic (exact) mass is 511 g/mol. The van der Waals surface area contributed by atoms with E-state index < -0.39 is 0 Å². The third-order valence-corrected chi connectivity index (χ3v) is 7.34. The SMILES string of the molecule is COc1ccc(-c2cnc3c(c2)C(=O)N([C@@H](C)CO)C[C@@H](C)[C@H](CN(C)C(=O)C2CCOCC2)O3)cc1. The molecule has 2 aliphatic rings. The van der Waals surface area contributed by atoms with Gasteiger partial charge >= 0.3 is 0 Å². The molecule has 1 aromatic heterocycles. The quantitative estimate of drug-likeness (QED) is 0.610. The Morgan fingerprint density at radius 1 is 1.24 bits per heavy atom. The van der Waals surface area contributed by atoms with Gasteiger partial charge in [-0.15, -0.1) is 0 Å². The third-order valence-electron chi connectivity index (χ3n) is 7.34. The largest absolute Gasteiger partial charge is 0.497 e. The van der Waals surface area contributed by atoms with Gasteiger partial charge in [0.25, 0.3) is 5.91 Å². The van der Waals surface area contributed by atoms with Crippen molar-refractivity contribution in [2.75, 3.05) is 47.1 Å². The third kappa shape index (κ3) is 6.05. The number of hydrogen-bond donors (Lipinski definition) is 1. The first-order chi connectivity index (χ1) is 17.8. The van der Waals surface area contributed by atoms with E-state index in [4.69, 9.17) is 14.2 Å². The van der Waals surface area contributed by atoms with Crippen LogP contribution in [0.4, 0.5) is 0 Å². The van der Waals surface area contributed by atoms with Crippen LogP contribution >= 0.6 is 0 Å². The number of hydrogen-bond acceptors (Lipinski definition) is 7. The molecule has 37 heavy (non-hydrogen) atoms. The van der Waals surface area contributed by atoms with Gasteiger partial charge in [0.15, 0.2) is 0 Å². The summed E-state index contributed by atoms with van der Waals surface area (Å²) in [5.41, 5.74) is 2.00. The van der Waals surface area contributed by atoms with Gasteiger partial charge in [0, 0.05) is 50.4 Å². The second-order valence-electron chi connectivity index (χ2n) is 10.0. The van der Waals surface area contributed by atoms with Crippen LogP contribution in [-0.2, 0) is 9.53 Å². The van der Waals surface area contributed by atoms with E-state index in [0.717, 1.165) is 29.7 Å². The number of aromatic nitrogens is 1. The van der Waals surface area contributed by atoms with E-state index in [2.05, 4.69) is 4.98 Å². The lowest BCUT2D eigenvalue weighted by atomic mass is 9.97. The number of fused-ring (bicyclic) bond motifs is 1. The van der Waals surface area contributed by atoms with E-state index in [1.807, 2.05) is 38.1 Å². The zero-order valence-electron chi connectivity index (χ0n) is 22.1. The minimum Gasteiger partial charge on any atom is -0.497 e. The highest BCUT2D eigenvalue weighted by atomic mass is 16.5. The van der Waals surface area contributed by atoms with Gasteiger partial charge in [-0.05, 0) is 43.5 Å². The average Bonchev–Trinajstić information content (AvgIpc) is 2.94. The van der Waals surface area contributed by atoms with E-state index in [1.165, 1.54) is 0 Å². The number of nitrogens with zero attached hydrogens (tertiary/aromatic N) is 3. The molecular weight excluding hydrogens is 474 g/mol. The predicted molar refractivity (Wildman–Crippen MR) is 139 cm³/mol. The summed E-state index contributed by atoms with van der Waals surface area (Å²) in [5.74, 6) is 0.673. The fraction of sp³-hybridized carbons (Fsp3) is 0.536. The van der Waals surface area contributed by atoms with Crippen molar-refractivity contribution in [3.63, 3.8) is 0 Å². The predicted octanol–water partition coefficient (Wildman–Crippen LogP) is 2.86. The van der Waals surface area contributed by atoms with Crippen LogP contribution in [-0.4, -0.2) is 90.9 Å². The molecule has 3 atom stereocenters. The minimum atomic E-state index is -0.382. The number of pyridine rings is 1. The van der Waals surface area contributed by atoms with Gasteiger partial charge in [0.2, 0.25) is 11.8 Å². The molecule has 1 N–H and O–H groups in total. The normalized spacial score (nSPS) is 21.3. The maximum Gasteiger partial charge on any atom is 0.259 e. The van der Waals surface area contributed by atoms with Gasteiger partial charge in [-0.2, -0.15) is 0 Å². The molecule has 200 valence electrons. The maximum atomic E-state index is 13.7. The number of likely N-dealkylation sites (N-methyl/N-ethyl adjacent to an activating group) is 1. The van der Waals surface area contributed by atoms with Crippen LogP contribution in [0, 0.1) is 11.8 Å². The summed E-state index contributed by atoms with van der Waals surface area (Å²) in [5, 5.41) is 9.90. The van der Waals surface area contributed by atoms with Crippen LogP contribution in [0.5, 0.6) is 11.6 Å². The molecule has 0 radical (unpaired) electrons. The Morgan fingerprint density at radius 2 is 1.95 bits per heavy atom. The molecule has 2 aliphatic heterocycles. The molecule has 2 aromatic rings. The molecule has 3 heterocycles. The van der Waals surface area contributed by atoms with Crippen LogP contribution in [0.25, 0.3) is 11.1 Å². The average molecular weight is 512 g/mol. The number of aliphatic hydroxyl groups is 1. The molecule has 1 fully saturated rings. The number of amides is 2. The van der Waals surface area contributed by atoms with Gasteiger partial charge in [0.1, 0.15) is 17.4 Å². The first kappa shape index (κ1) is 26.9. The number of ether oxygens (including phenoxy) is 3. The molecule has 1 saturated heterocycles. The van der Waals surface area contributed by atoms with Crippen LogP contribution in [0.3, 0.4) is 0 Å². The standard InChI is InChI=1S/C28H37N3O6/c1-18-15-31(19(2)17-32)28(34)24-13-22(20-5-7-23(35-4)8-6-20)14-29-26(24)37-25(18)16-30(3)27(33)21-9-11-36-12-10-21/h5-8,13-14,18-19,21,25,32H,9-12,15-17H2,1-4H3/t18-,19+,25+/m1/s1. The van der Waals surface area contributed by atoms with Crippen LogP contribution in [0.1, 0.15) is 37.0 Å². The van der Waals surface area contributed by atoms with Gasteiger partial charge in [-0.25, -0.2) is 4.98 Å². The summed E-state index contributed by atoms with van der Waals surface area (Å²) >= 11 is 0. The van der Waals surface area contributed by atoms with Gasteiger partial charge in [-0.3, -0.25) is 9.59 Å². The smallest absolute Gasteiger partial charge is 0.259 e. The highest BCUT2D eigenvalue weighted by molar-refractivity contribution is 5.98. The zero-order chi connectivity index (χ0) is 26.5. The fourth-order valence-corrected chi connectivity index (χ4v) is 4.88. The molecule has 9 nitrogen and oxygen atoms in total. The first-order valence-electron chi connectivity index (χ1n) is 12.9. The molecule has 0 saturated carbocycles. The molecule has 1 aromatic carbocycles. The summed E-state index contributed by atoms with van der Waals surface area (Å²) in [7, 11) is 3.41. The lowest BCUT2D eigenvalue weighted by Crippen LogP contribution is -2.51. The minimum absolute atomic E-state index is 0.0486. The molecule has 0 bridgehead atoms. The summed E-state index contributed by atoms with van der Waals surface area (Å²) in [6, 6.07) is 8.93. The Hall–Kier alpha value is -3.17. The van der Waals surface area contributed by atoms with Crippen molar-refractivity contribution in [3.05, 3.63) is 42.1 Å². The van der Waals surface area contributed by atoms with Crippen molar-refractivity contribution in [2.24, 2.45) is 11.8 Å². The zero-order valence-corrected chi connectivity index (χ0v) is 22.1. The van der Waals surface area contributed by atoms with Crippen molar-refractivity contribution in [2.45, 2.75) is 38.8 Å². The van der Waals surface area contributed by atoms with Gasteiger partial charge < -0.3 is 29.1 Å². The molecule has 4 rings (SSSR count). The van der Waals surface area contributed by atoms with Crippen molar-refractivity contribution in [3.8, 4) is 22.8 Å². The van der Waals surface area contributed by atoms with E-state index in [9.17, 15) is 14.7 Å². The number of rotatable bonds is 7. The maximum absolute atomic E-state index is 13.7. The van der Waals surface area contributed by atoms with Crippen LogP contribution < -0.4 is 9.47 Å². The molecule has 9 heteroatoms. The highest BCUT2D eigenvalue weighted by Gasteiger charge is 2.35. The van der Waals surface area contributed by atoms with Crippen molar-refractivity contribution < 1.29 is 28.9 Å². The topological polar surface area (TPSA) is 101 Å². The Balaban J connectivity index is 1.64. The second-order valence-corrected chi connectivity index (χ2v) is 10.0. The number of carbonyl (C=O) groups is 2. The summed E-state index contributed by atoms with van der Waals surface area (Å²) in [4.78, 5) is 34.7. The fourth-order valence-electron chi connectivity index (χ4n) is 4.88. The van der Waals surface area contributed by atoms with Gasteiger partial charge in [-0.1, -0.05) is 19.1 Å². The molecule has 0 unspecified atom stereocenters. The molecule has 2 amide bonds. The second kappa shape index (κ2) is 11.9. The highest BCUT2D eigenvalue weighted by Crippen LogP contribution is 2.31. The van der Waals surface area contributed by atoms with Crippen molar-refractivity contribution in [1.82, 2.24) is 14.8 Å². The summed E-state index contributed by atoms with van der Waals surface area (Å²) < 4.78 is 17.0. The number of carbonyl (C=O) groups excluding carboxylic acids is 2. The Labute approximate surface area is 218 Å². The number of aliphatic hydroxyl groups excluding tert-OH is 1. The summed E-state index contributed by atoms with van der Waals surface area (Å²) in [6.45, 7) is 5.62. The van der Waals surface area contributed by atoms with Gasteiger partial charge in [0.05, 0.1) is 26.3 Å².